The summed E-state index contributed by atoms with van der Waals surface area (Å²) in [4.78, 5) is 10.7. The van der Waals surface area contributed by atoms with Crippen LogP contribution in [0.15, 0.2) is 18.7 Å². The first-order chi connectivity index (χ1) is 8.18. The minimum Gasteiger partial charge on any atom is -0.322 e. The molecule has 2 unspecified atom stereocenters. The minimum atomic E-state index is -0.0215. The van der Waals surface area contributed by atoms with Gasteiger partial charge < -0.3 is 5.73 Å². The molecule has 4 heteroatoms. The number of likely N-dealkylation sites (tertiary alicyclic amines) is 1. The standard InChI is InChI=1S/C13H22N4/c1-3-13(2,17-6-4-5-7-17)12(14)11-8-15-10-16-9-11/h8-10,12H,3-7,14H2,1-2H3. The summed E-state index contributed by atoms with van der Waals surface area (Å²) in [5, 5.41) is 0. The highest BCUT2D eigenvalue weighted by Crippen LogP contribution is 2.34. The fourth-order valence-electron chi connectivity index (χ4n) is 2.70. The Balaban J connectivity index is 2.22. The number of rotatable bonds is 4. The van der Waals surface area contributed by atoms with E-state index >= 15 is 0 Å². The lowest BCUT2D eigenvalue weighted by molar-refractivity contribution is 0.0997. The second-order valence-electron chi connectivity index (χ2n) is 5.05. The molecule has 0 bridgehead atoms. The summed E-state index contributed by atoms with van der Waals surface area (Å²) in [5.41, 5.74) is 7.49. The van der Waals surface area contributed by atoms with E-state index in [1.807, 2.05) is 12.4 Å². The van der Waals surface area contributed by atoms with Crippen molar-refractivity contribution in [2.24, 2.45) is 5.73 Å². The first-order valence-corrected chi connectivity index (χ1v) is 6.44. The van der Waals surface area contributed by atoms with Gasteiger partial charge in [-0.25, -0.2) is 9.97 Å². The fourth-order valence-corrected chi connectivity index (χ4v) is 2.70. The Morgan fingerprint density at radius 2 is 1.94 bits per heavy atom. The van der Waals surface area contributed by atoms with Gasteiger partial charge in [-0.05, 0) is 39.3 Å². The molecule has 2 N–H and O–H groups in total. The van der Waals surface area contributed by atoms with E-state index in [2.05, 4.69) is 28.7 Å². The van der Waals surface area contributed by atoms with Crippen LogP contribution in [-0.2, 0) is 0 Å². The van der Waals surface area contributed by atoms with Crippen LogP contribution >= 0.6 is 0 Å². The first-order valence-electron chi connectivity index (χ1n) is 6.44. The lowest BCUT2D eigenvalue weighted by Crippen LogP contribution is -2.51. The summed E-state index contributed by atoms with van der Waals surface area (Å²) in [6, 6.07) is -0.0215. The summed E-state index contributed by atoms with van der Waals surface area (Å²) in [6.07, 6.45) is 8.84. The Kier molecular flexibility index (Phi) is 3.74. The Morgan fingerprint density at radius 3 is 2.47 bits per heavy atom. The molecule has 2 rings (SSSR count). The molecule has 0 saturated carbocycles. The maximum absolute atomic E-state index is 6.44. The Hall–Kier alpha value is -1.00. The maximum atomic E-state index is 6.44. The van der Waals surface area contributed by atoms with Gasteiger partial charge in [0, 0.05) is 23.5 Å². The van der Waals surface area contributed by atoms with E-state index < -0.39 is 0 Å². The smallest absolute Gasteiger partial charge is 0.115 e. The van der Waals surface area contributed by atoms with E-state index in [-0.39, 0.29) is 11.6 Å². The van der Waals surface area contributed by atoms with Crippen molar-refractivity contribution < 1.29 is 0 Å². The van der Waals surface area contributed by atoms with E-state index in [9.17, 15) is 0 Å². The zero-order chi connectivity index (χ0) is 12.3. The molecule has 1 saturated heterocycles. The summed E-state index contributed by atoms with van der Waals surface area (Å²) in [7, 11) is 0. The zero-order valence-corrected chi connectivity index (χ0v) is 10.8. The van der Waals surface area contributed by atoms with Crippen LogP contribution in [0.25, 0.3) is 0 Å². The van der Waals surface area contributed by atoms with Crippen molar-refractivity contribution in [2.45, 2.75) is 44.7 Å². The van der Waals surface area contributed by atoms with Crippen molar-refractivity contribution in [2.75, 3.05) is 13.1 Å². The average molecular weight is 234 g/mol. The second kappa shape index (κ2) is 5.10. The van der Waals surface area contributed by atoms with Gasteiger partial charge in [0.2, 0.25) is 0 Å². The van der Waals surface area contributed by atoms with Crippen molar-refractivity contribution in [3.63, 3.8) is 0 Å². The molecule has 0 radical (unpaired) electrons. The number of hydrogen-bond acceptors (Lipinski definition) is 4. The second-order valence-corrected chi connectivity index (χ2v) is 5.05. The molecular weight excluding hydrogens is 212 g/mol. The lowest BCUT2D eigenvalue weighted by Gasteiger charge is -2.42. The zero-order valence-electron chi connectivity index (χ0n) is 10.8. The van der Waals surface area contributed by atoms with Crippen LogP contribution in [0.1, 0.15) is 44.7 Å². The van der Waals surface area contributed by atoms with E-state index in [0.29, 0.717) is 0 Å². The van der Waals surface area contributed by atoms with Crippen molar-refractivity contribution in [1.29, 1.82) is 0 Å². The van der Waals surface area contributed by atoms with Gasteiger partial charge in [0.05, 0.1) is 6.04 Å². The number of nitrogens with zero attached hydrogens (tertiary/aromatic N) is 3. The molecule has 0 aromatic carbocycles. The van der Waals surface area contributed by atoms with Crippen LogP contribution in [0.4, 0.5) is 0 Å². The largest absolute Gasteiger partial charge is 0.322 e. The van der Waals surface area contributed by atoms with Crippen LogP contribution in [0.2, 0.25) is 0 Å². The number of nitrogens with two attached hydrogens (primary N) is 1. The van der Waals surface area contributed by atoms with Crippen molar-refractivity contribution in [3.05, 3.63) is 24.3 Å². The van der Waals surface area contributed by atoms with Crippen molar-refractivity contribution in [1.82, 2.24) is 14.9 Å². The highest BCUT2D eigenvalue weighted by Gasteiger charge is 2.38. The van der Waals surface area contributed by atoms with Gasteiger partial charge in [0.25, 0.3) is 0 Å². The molecule has 4 nitrogen and oxygen atoms in total. The quantitative estimate of drug-likeness (QED) is 0.862. The molecule has 0 aliphatic carbocycles. The Bertz CT molecular complexity index is 348. The van der Waals surface area contributed by atoms with Gasteiger partial charge in [-0.1, -0.05) is 6.92 Å². The highest BCUT2D eigenvalue weighted by molar-refractivity contribution is 5.15. The molecule has 1 aliphatic heterocycles. The van der Waals surface area contributed by atoms with E-state index in [1.54, 1.807) is 6.33 Å². The molecule has 94 valence electrons. The molecule has 1 aliphatic rings. The normalized spacial score (nSPS) is 22.3. The lowest BCUT2D eigenvalue weighted by atomic mass is 9.85. The third-order valence-electron chi connectivity index (χ3n) is 4.15. The predicted octanol–water partition coefficient (Wildman–Crippen LogP) is 1.74. The van der Waals surface area contributed by atoms with Crippen LogP contribution in [-0.4, -0.2) is 33.5 Å². The molecular formula is C13H22N4. The predicted molar refractivity (Wildman–Crippen MR) is 68.5 cm³/mol. The topological polar surface area (TPSA) is 55.0 Å². The van der Waals surface area contributed by atoms with Gasteiger partial charge >= 0.3 is 0 Å². The molecule has 0 amide bonds. The molecule has 2 atom stereocenters. The summed E-state index contributed by atoms with van der Waals surface area (Å²) >= 11 is 0. The first kappa shape index (κ1) is 12.5. The Morgan fingerprint density at radius 1 is 1.35 bits per heavy atom. The van der Waals surface area contributed by atoms with E-state index in [0.717, 1.165) is 25.1 Å². The summed E-state index contributed by atoms with van der Waals surface area (Å²) in [5.74, 6) is 0. The summed E-state index contributed by atoms with van der Waals surface area (Å²) < 4.78 is 0. The van der Waals surface area contributed by atoms with Gasteiger partial charge in [0.15, 0.2) is 0 Å². The van der Waals surface area contributed by atoms with Gasteiger partial charge in [-0.15, -0.1) is 0 Å². The van der Waals surface area contributed by atoms with Gasteiger partial charge in [-0.2, -0.15) is 0 Å². The van der Waals surface area contributed by atoms with Crippen LogP contribution in [0.5, 0.6) is 0 Å². The molecule has 0 spiro atoms. The molecule has 1 aromatic heterocycles. The third kappa shape index (κ3) is 2.33. The van der Waals surface area contributed by atoms with E-state index in [4.69, 9.17) is 5.73 Å². The summed E-state index contributed by atoms with van der Waals surface area (Å²) in [6.45, 7) is 6.79. The SMILES string of the molecule is CCC(C)(C(N)c1cncnc1)N1CCCC1. The molecule has 1 fully saturated rings. The molecule has 2 heterocycles. The fraction of sp³-hybridized carbons (Fsp3) is 0.692. The van der Waals surface area contributed by atoms with Gasteiger partial charge in [0.1, 0.15) is 6.33 Å². The highest BCUT2D eigenvalue weighted by atomic mass is 15.2. The number of aromatic nitrogens is 2. The minimum absolute atomic E-state index is 0.0151. The van der Waals surface area contributed by atoms with Crippen LogP contribution in [0.3, 0.4) is 0 Å². The molecule has 1 aromatic rings. The van der Waals surface area contributed by atoms with Crippen LogP contribution in [0, 0.1) is 0 Å². The Labute approximate surface area is 103 Å². The van der Waals surface area contributed by atoms with Gasteiger partial charge in [-0.3, -0.25) is 4.90 Å². The maximum Gasteiger partial charge on any atom is 0.115 e. The van der Waals surface area contributed by atoms with E-state index in [1.165, 1.54) is 12.8 Å². The monoisotopic (exact) mass is 234 g/mol. The average Bonchev–Trinajstić information content (AvgIpc) is 2.92. The molecule has 17 heavy (non-hydrogen) atoms. The van der Waals surface area contributed by atoms with Crippen LogP contribution < -0.4 is 5.73 Å². The number of hydrogen-bond donors (Lipinski definition) is 1. The van der Waals surface area contributed by atoms with Crippen molar-refractivity contribution >= 4 is 0 Å². The third-order valence-corrected chi connectivity index (χ3v) is 4.15. The van der Waals surface area contributed by atoms with Crippen molar-refractivity contribution in [3.8, 4) is 0 Å².